The minimum absolute atomic E-state index is 0.0743. The lowest BCUT2D eigenvalue weighted by molar-refractivity contribution is 0.100. The van der Waals surface area contributed by atoms with Crippen molar-refractivity contribution < 1.29 is 4.79 Å². The fourth-order valence-electron chi connectivity index (χ4n) is 1.33. The van der Waals surface area contributed by atoms with Crippen LogP contribution in [0.1, 0.15) is 10.4 Å². The van der Waals surface area contributed by atoms with Gasteiger partial charge in [-0.15, -0.1) is 0 Å². The molecule has 1 aromatic heterocycles. The highest BCUT2D eigenvalue weighted by molar-refractivity contribution is 5.96. The lowest BCUT2D eigenvalue weighted by Gasteiger charge is -1.98. The van der Waals surface area contributed by atoms with Crippen LogP contribution in [0.25, 0.3) is 10.9 Å². The standard InChI is InChI=1S/C10H8N2O2/c11-10(14)6-1-2-7-8(5-6)12-4-3-9(7)13/h1-5H,(H2,11,14)(H,12,13). The molecule has 70 valence electrons. The van der Waals surface area contributed by atoms with Crippen molar-refractivity contribution in [3.05, 3.63) is 46.2 Å². The van der Waals surface area contributed by atoms with Crippen LogP contribution >= 0.6 is 0 Å². The molecule has 0 fully saturated rings. The van der Waals surface area contributed by atoms with Crippen molar-refractivity contribution in [2.45, 2.75) is 0 Å². The second-order valence-electron chi connectivity index (χ2n) is 2.97. The molecule has 1 heterocycles. The van der Waals surface area contributed by atoms with Gasteiger partial charge in [0.05, 0.1) is 5.52 Å². The molecule has 14 heavy (non-hydrogen) atoms. The minimum atomic E-state index is -0.503. The number of hydrogen-bond acceptors (Lipinski definition) is 2. The number of primary amides is 1. The predicted octanol–water partition coefficient (Wildman–Crippen LogP) is 0.627. The first-order chi connectivity index (χ1) is 6.68. The molecule has 0 unspecified atom stereocenters. The molecule has 0 saturated carbocycles. The molecule has 0 aliphatic heterocycles. The third-order valence-electron chi connectivity index (χ3n) is 2.04. The number of pyridine rings is 1. The third kappa shape index (κ3) is 1.26. The fourth-order valence-corrected chi connectivity index (χ4v) is 1.33. The SMILES string of the molecule is NC(=O)c1ccc2c(=O)cc[nH]c2c1. The van der Waals surface area contributed by atoms with Crippen LogP contribution in [-0.4, -0.2) is 10.9 Å². The number of hydrogen-bond donors (Lipinski definition) is 2. The normalized spacial score (nSPS) is 10.3. The van der Waals surface area contributed by atoms with Gasteiger partial charge in [-0.05, 0) is 18.2 Å². The second kappa shape index (κ2) is 2.99. The zero-order chi connectivity index (χ0) is 10.1. The average molecular weight is 188 g/mol. The Hall–Kier alpha value is -2.10. The Morgan fingerprint density at radius 3 is 2.79 bits per heavy atom. The van der Waals surface area contributed by atoms with Crippen molar-refractivity contribution in [3.63, 3.8) is 0 Å². The maximum atomic E-state index is 11.3. The van der Waals surface area contributed by atoms with E-state index in [1.54, 1.807) is 18.2 Å². The number of aromatic nitrogens is 1. The number of nitrogens with one attached hydrogen (secondary N) is 1. The number of carbonyl (C=O) groups excluding carboxylic acids is 1. The van der Waals surface area contributed by atoms with Gasteiger partial charge in [0.2, 0.25) is 5.91 Å². The van der Waals surface area contributed by atoms with E-state index in [0.717, 1.165) is 0 Å². The van der Waals surface area contributed by atoms with E-state index in [1.165, 1.54) is 12.3 Å². The third-order valence-corrected chi connectivity index (χ3v) is 2.04. The number of carbonyl (C=O) groups is 1. The van der Waals surface area contributed by atoms with Gasteiger partial charge in [-0.25, -0.2) is 0 Å². The van der Waals surface area contributed by atoms with E-state index in [0.29, 0.717) is 16.5 Å². The van der Waals surface area contributed by atoms with Crippen LogP contribution in [-0.2, 0) is 0 Å². The molecule has 0 bridgehead atoms. The maximum Gasteiger partial charge on any atom is 0.248 e. The molecule has 3 N–H and O–H groups in total. The molecule has 4 nitrogen and oxygen atoms in total. The number of nitrogens with two attached hydrogens (primary N) is 1. The number of benzene rings is 1. The number of aromatic amines is 1. The molecule has 4 heteroatoms. The summed E-state index contributed by atoms with van der Waals surface area (Å²) in [7, 11) is 0. The van der Waals surface area contributed by atoms with Gasteiger partial charge in [-0.2, -0.15) is 0 Å². The lowest BCUT2D eigenvalue weighted by Crippen LogP contribution is -2.11. The quantitative estimate of drug-likeness (QED) is 0.688. The Morgan fingerprint density at radius 2 is 2.07 bits per heavy atom. The summed E-state index contributed by atoms with van der Waals surface area (Å²) in [6, 6.07) is 6.14. The van der Waals surface area contributed by atoms with Crippen molar-refractivity contribution >= 4 is 16.8 Å². The van der Waals surface area contributed by atoms with E-state index < -0.39 is 5.91 Å². The first-order valence-corrected chi connectivity index (χ1v) is 4.10. The Balaban J connectivity index is 2.80. The Labute approximate surface area is 79.4 Å². The number of fused-ring (bicyclic) bond motifs is 1. The number of amides is 1. The summed E-state index contributed by atoms with van der Waals surface area (Å²) in [4.78, 5) is 25.1. The summed E-state index contributed by atoms with van der Waals surface area (Å²) >= 11 is 0. The van der Waals surface area contributed by atoms with Crippen LogP contribution in [0.5, 0.6) is 0 Å². The van der Waals surface area contributed by atoms with Gasteiger partial charge in [-0.1, -0.05) is 0 Å². The van der Waals surface area contributed by atoms with Gasteiger partial charge in [0, 0.05) is 23.2 Å². The molecule has 0 atom stereocenters. The highest BCUT2D eigenvalue weighted by Crippen LogP contribution is 2.09. The number of H-pyrrole nitrogens is 1. The van der Waals surface area contributed by atoms with Gasteiger partial charge in [0.15, 0.2) is 5.43 Å². The monoisotopic (exact) mass is 188 g/mol. The van der Waals surface area contributed by atoms with Gasteiger partial charge in [-0.3, -0.25) is 9.59 Å². The zero-order valence-corrected chi connectivity index (χ0v) is 7.28. The highest BCUT2D eigenvalue weighted by atomic mass is 16.1. The number of rotatable bonds is 1. The molecule has 0 saturated heterocycles. The van der Waals surface area contributed by atoms with Crippen LogP contribution in [0.3, 0.4) is 0 Å². The summed E-state index contributed by atoms with van der Waals surface area (Å²) in [6.45, 7) is 0. The van der Waals surface area contributed by atoms with Crippen LogP contribution in [0.15, 0.2) is 35.3 Å². The fraction of sp³-hybridized carbons (Fsp3) is 0. The Morgan fingerprint density at radius 1 is 1.29 bits per heavy atom. The van der Waals surface area contributed by atoms with Crippen molar-refractivity contribution in [2.75, 3.05) is 0 Å². The molecule has 0 radical (unpaired) electrons. The zero-order valence-electron chi connectivity index (χ0n) is 7.28. The molecular formula is C10H8N2O2. The summed E-state index contributed by atoms with van der Waals surface area (Å²) in [5.74, 6) is -0.503. The minimum Gasteiger partial charge on any atom is -0.366 e. The smallest absolute Gasteiger partial charge is 0.248 e. The van der Waals surface area contributed by atoms with E-state index in [2.05, 4.69) is 4.98 Å². The summed E-state index contributed by atoms with van der Waals surface area (Å²) in [6.07, 6.45) is 1.54. The van der Waals surface area contributed by atoms with Crippen molar-refractivity contribution in [3.8, 4) is 0 Å². The molecule has 0 spiro atoms. The Bertz CT molecular complexity index is 557. The lowest BCUT2D eigenvalue weighted by atomic mass is 10.1. The largest absolute Gasteiger partial charge is 0.366 e. The summed E-state index contributed by atoms with van der Waals surface area (Å²) in [5.41, 5.74) is 6.05. The predicted molar refractivity (Wildman–Crippen MR) is 53.1 cm³/mol. The molecule has 2 rings (SSSR count). The van der Waals surface area contributed by atoms with Gasteiger partial charge in [0.25, 0.3) is 0 Å². The van der Waals surface area contributed by atoms with Crippen molar-refractivity contribution in [1.82, 2.24) is 4.98 Å². The van der Waals surface area contributed by atoms with E-state index in [1.807, 2.05) is 0 Å². The van der Waals surface area contributed by atoms with Crippen molar-refractivity contribution in [1.29, 1.82) is 0 Å². The molecule has 1 amide bonds. The van der Waals surface area contributed by atoms with E-state index in [-0.39, 0.29) is 5.43 Å². The molecule has 2 aromatic rings. The van der Waals surface area contributed by atoms with E-state index in [4.69, 9.17) is 5.73 Å². The topological polar surface area (TPSA) is 76.0 Å². The first kappa shape index (κ1) is 8.50. The van der Waals surface area contributed by atoms with Gasteiger partial charge < -0.3 is 10.7 Å². The molecule has 0 aliphatic rings. The summed E-state index contributed by atoms with van der Waals surface area (Å²) < 4.78 is 0. The van der Waals surface area contributed by atoms with Crippen LogP contribution < -0.4 is 11.2 Å². The maximum absolute atomic E-state index is 11.3. The molecule has 0 aliphatic carbocycles. The van der Waals surface area contributed by atoms with Crippen LogP contribution in [0.2, 0.25) is 0 Å². The van der Waals surface area contributed by atoms with Gasteiger partial charge >= 0.3 is 0 Å². The first-order valence-electron chi connectivity index (χ1n) is 4.10. The van der Waals surface area contributed by atoms with Crippen LogP contribution in [0.4, 0.5) is 0 Å². The van der Waals surface area contributed by atoms with E-state index in [9.17, 15) is 9.59 Å². The average Bonchev–Trinajstić information content (AvgIpc) is 2.17. The summed E-state index contributed by atoms with van der Waals surface area (Å²) in [5, 5.41) is 0.553. The highest BCUT2D eigenvalue weighted by Gasteiger charge is 2.02. The van der Waals surface area contributed by atoms with Crippen molar-refractivity contribution in [2.24, 2.45) is 5.73 Å². The van der Waals surface area contributed by atoms with E-state index >= 15 is 0 Å². The molecule has 1 aromatic carbocycles. The van der Waals surface area contributed by atoms with Gasteiger partial charge in [0.1, 0.15) is 0 Å². The Kier molecular flexibility index (Phi) is 1.81. The second-order valence-corrected chi connectivity index (χ2v) is 2.97. The molecular weight excluding hydrogens is 180 g/mol. The van der Waals surface area contributed by atoms with Crippen LogP contribution in [0, 0.1) is 0 Å².